The molecule has 1 spiro atoms. The lowest BCUT2D eigenvalue weighted by atomic mass is 9.84. The van der Waals surface area contributed by atoms with Gasteiger partial charge in [-0.3, -0.25) is 9.88 Å². The Labute approximate surface area is 127 Å². The van der Waals surface area contributed by atoms with Crippen LogP contribution in [0.3, 0.4) is 0 Å². The van der Waals surface area contributed by atoms with Crippen LogP contribution in [0.25, 0.3) is 0 Å². The summed E-state index contributed by atoms with van der Waals surface area (Å²) in [6.45, 7) is 4.98. The lowest BCUT2D eigenvalue weighted by molar-refractivity contribution is -0.0453. The SMILES string of the molecule is COCC[C@H]1COC2(CCN(Cc3ccccn3)CC2)C1. The molecule has 2 fully saturated rings. The maximum absolute atomic E-state index is 6.19. The van der Waals surface area contributed by atoms with Crippen molar-refractivity contribution < 1.29 is 9.47 Å². The van der Waals surface area contributed by atoms with Crippen LogP contribution in [0.2, 0.25) is 0 Å². The quantitative estimate of drug-likeness (QED) is 0.834. The summed E-state index contributed by atoms with van der Waals surface area (Å²) in [5.74, 6) is 0.687. The third-order valence-electron chi connectivity index (χ3n) is 4.90. The second kappa shape index (κ2) is 6.86. The predicted octanol–water partition coefficient (Wildman–Crippen LogP) is 2.49. The van der Waals surface area contributed by atoms with Crippen LogP contribution in [0, 0.1) is 5.92 Å². The Morgan fingerprint density at radius 1 is 1.38 bits per heavy atom. The minimum atomic E-state index is 0.152. The number of likely N-dealkylation sites (tertiary alicyclic amines) is 1. The van der Waals surface area contributed by atoms with Crippen LogP contribution in [0.15, 0.2) is 24.4 Å². The van der Waals surface area contributed by atoms with Crippen molar-refractivity contribution in [2.45, 2.75) is 37.8 Å². The molecule has 1 atom stereocenters. The molecule has 3 rings (SSSR count). The highest BCUT2D eigenvalue weighted by atomic mass is 16.5. The summed E-state index contributed by atoms with van der Waals surface area (Å²) in [6, 6.07) is 6.15. The maximum atomic E-state index is 6.19. The fourth-order valence-corrected chi connectivity index (χ4v) is 3.60. The zero-order valence-corrected chi connectivity index (χ0v) is 13.0. The zero-order valence-electron chi connectivity index (χ0n) is 13.0. The monoisotopic (exact) mass is 290 g/mol. The highest BCUT2D eigenvalue weighted by Gasteiger charge is 2.42. The van der Waals surface area contributed by atoms with E-state index in [2.05, 4.69) is 22.0 Å². The Balaban J connectivity index is 1.47. The number of methoxy groups -OCH3 is 1. The van der Waals surface area contributed by atoms with E-state index >= 15 is 0 Å². The van der Waals surface area contributed by atoms with Crippen molar-refractivity contribution in [2.75, 3.05) is 33.4 Å². The first kappa shape index (κ1) is 14.9. The summed E-state index contributed by atoms with van der Waals surface area (Å²) in [5.41, 5.74) is 1.32. The van der Waals surface area contributed by atoms with E-state index in [4.69, 9.17) is 9.47 Å². The standard InChI is InChI=1S/C17H26N2O2/c1-20-11-5-15-12-17(21-14-15)6-9-19(10-7-17)13-16-4-2-3-8-18-16/h2-4,8,15H,5-7,9-14H2,1H3/t15-/m1/s1. The average Bonchev–Trinajstić information content (AvgIpc) is 2.92. The molecule has 0 amide bonds. The summed E-state index contributed by atoms with van der Waals surface area (Å²) in [5, 5.41) is 0. The Morgan fingerprint density at radius 2 is 2.24 bits per heavy atom. The number of aromatic nitrogens is 1. The van der Waals surface area contributed by atoms with E-state index in [1.54, 1.807) is 7.11 Å². The molecule has 0 bridgehead atoms. The van der Waals surface area contributed by atoms with Crippen molar-refractivity contribution in [2.24, 2.45) is 5.92 Å². The molecule has 4 heteroatoms. The van der Waals surface area contributed by atoms with Crippen molar-refractivity contribution in [1.82, 2.24) is 9.88 Å². The molecule has 0 aliphatic carbocycles. The zero-order chi connectivity index (χ0) is 14.5. The van der Waals surface area contributed by atoms with E-state index in [0.717, 1.165) is 52.1 Å². The average molecular weight is 290 g/mol. The van der Waals surface area contributed by atoms with Gasteiger partial charge in [0.25, 0.3) is 0 Å². The first-order valence-corrected chi connectivity index (χ1v) is 8.05. The smallest absolute Gasteiger partial charge is 0.0710 e. The minimum Gasteiger partial charge on any atom is -0.385 e. The van der Waals surface area contributed by atoms with Crippen molar-refractivity contribution in [3.63, 3.8) is 0 Å². The van der Waals surface area contributed by atoms with Crippen LogP contribution < -0.4 is 0 Å². The molecule has 2 saturated heterocycles. The van der Waals surface area contributed by atoms with Gasteiger partial charge in [0.05, 0.1) is 17.9 Å². The van der Waals surface area contributed by atoms with Gasteiger partial charge in [-0.1, -0.05) is 6.07 Å². The fraction of sp³-hybridized carbons (Fsp3) is 0.706. The van der Waals surface area contributed by atoms with Crippen LogP contribution in [0.4, 0.5) is 0 Å². The highest BCUT2D eigenvalue weighted by molar-refractivity contribution is 5.04. The predicted molar refractivity (Wildman–Crippen MR) is 82.0 cm³/mol. The number of piperidine rings is 1. The van der Waals surface area contributed by atoms with Crippen LogP contribution in [0.1, 0.15) is 31.4 Å². The molecule has 21 heavy (non-hydrogen) atoms. The van der Waals surface area contributed by atoms with E-state index in [1.165, 1.54) is 12.1 Å². The molecule has 0 saturated carbocycles. The van der Waals surface area contributed by atoms with Gasteiger partial charge < -0.3 is 9.47 Å². The van der Waals surface area contributed by atoms with E-state index in [-0.39, 0.29) is 5.60 Å². The van der Waals surface area contributed by atoms with Gasteiger partial charge in [0.1, 0.15) is 0 Å². The summed E-state index contributed by atoms with van der Waals surface area (Å²) in [7, 11) is 1.78. The van der Waals surface area contributed by atoms with Gasteiger partial charge in [-0.15, -0.1) is 0 Å². The Morgan fingerprint density at radius 3 is 2.95 bits per heavy atom. The topological polar surface area (TPSA) is 34.6 Å². The molecule has 1 aromatic heterocycles. The maximum Gasteiger partial charge on any atom is 0.0710 e. The van der Waals surface area contributed by atoms with Gasteiger partial charge in [-0.2, -0.15) is 0 Å². The summed E-state index contributed by atoms with van der Waals surface area (Å²) >= 11 is 0. The summed E-state index contributed by atoms with van der Waals surface area (Å²) in [4.78, 5) is 6.92. The molecule has 2 aliphatic heterocycles. The molecule has 116 valence electrons. The molecular formula is C17H26N2O2. The van der Waals surface area contributed by atoms with Crippen molar-refractivity contribution in [1.29, 1.82) is 0 Å². The molecule has 2 aliphatic rings. The summed E-state index contributed by atoms with van der Waals surface area (Å²) in [6.07, 6.45) is 6.54. The number of hydrogen-bond donors (Lipinski definition) is 0. The largest absolute Gasteiger partial charge is 0.385 e. The normalized spacial score (nSPS) is 25.5. The fourth-order valence-electron chi connectivity index (χ4n) is 3.60. The van der Waals surface area contributed by atoms with Crippen LogP contribution in [-0.2, 0) is 16.0 Å². The number of hydrogen-bond acceptors (Lipinski definition) is 4. The van der Waals surface area contributed by atoms with E-state index in [0.29, 0.717) is 5.92 Å². The molecule has 3 heterocycles. The van der Waals surface area contributed by atoms with Gasteiger partial charge in [-0.25, -0.2) is 0 Å². The van der Waals surface area contributed by atoms with E-state index in [1.807, 2.05) is 12.3 Å². The van der Waals surface area contributed by atoms with Gasteiger partial charge in [0.2, 0.25) is 0 Å². The van der Waals surface area contributed by atoms with Gasteiger partial charge in [-0.05, 0) is 43.7 Å². The van der Waals surface area contributed by atoms with Gasteiger partial charge in [0.15, 0.2) is 0 Å². The molecular weight excluding hydrogens is 264 g/mol. The molecule has 0 radical (unpaired) electrons. The number of ether oxygens (including phenoxy) is 2. The molecule has 0 aromatic carbocycles. The third kappa shape index (κ3) is 3.82. The Bertz CT molecular complexity index is 430. The summed E-state index contributed by atoms with van der Waals surface area (Å²) < 4.78 is 11.4. The van der Waals surface area contributed by atoms with Crippen molar-refractivity contribution in [3.05, 3.63) is 30.1 Å². The van der Waals surface area contributed by atoms with Gasteiger partial charge >= 0.3 is 0 Å². The highest BCUT2D eigenvalue weighted by Crippen LogP contribution is 2.39. The van der Waals surface area contributed by atoms with Crippen molar-refractivity contribution in [3.8, 4) is 0 Å². The van der Waals surface area contributed by atoms with E-state index in [9.17, 15) is 0 Å². The van der Waals surface area contributed by atoms with Crippen LogP contribution >= 0.6 is 0 Å². The molecule has 0 N–H and O–H groups in total. The second-order valence-corrected chi connectivity index (χ2v) is 6.44. The van der Waals surface area contributed by atoms with Crippen LogP contribution in [0.5, 0.6) is 0 Å². The second-order valence-electron chi connectivity index (χ2n) is 6.44. The lowest BCUT2D eigenvalue weighted by Gasteiger charge is -2.38. The molecule has 1 aromatic rings. The van der Waals surface area contributed by atoms with Crippen molar-refractivity contribution >= 4 is 0 Å². The number of nitrogens with zero attached hydrogens (tertiary/aromatic N) is 2. The van der Waals surface area contributed by atoms with E-state index < -0.39 is 0 Å². The lowest BCUT2D eigenvalue weighted by Crippen LogP contribution is -2.43. The van der Waals surface area contributed by atoms with Gasteiger partial charge in [0, 0.05) is 39.5 Å². The first-order valence-electron chi connectivity index (χ1n) is 8.05. The Kier molecular flexibility index (Phi) is 4.88. The van der Waals surface area contributed by atoms with Crippen LogP contribution in [-0.4, -0.2) is 48.9 Å². The third-order valence-corrected chi connectivity index (χ3v) is 4.90. The first-order chi connectivity index (χ1) is 10.3. The number of rotatable bonds is 5. The Hall–Kier alpha value is -0.970. The molecule has 0 unspecified atom stereocenters. The minimum absolute atomic E-state index is 0.152. The molecule has 4 nitrogen and oxygen atoms in total. The number of pyridine rings is 1.